The van der Waals surface area contributed by atoms with Crippen LogP contribution in [-0.4, -0.2) is 12.1 Å². The molecule has 1 rings (SSSR count). The summed E-state index contributed by atoms with van der Waals surface area (Å²) in [4.78, 5) is 11.7. The third-order valence-electron chi connectivity index (χ3n) is 2.35. The predicted molar refractivity (Wildman–Crippen MR) is 65.9 cm³/mol. The Morgan fingerprint density at radius 1 is 1.38 bits per heavy atom. The third kappa shape index (κ3) is 4.23. The molecule has 0 aliphatic heterocycles. The van der Waals surface area contributed by atoms with Crippen molar-refractivity contribution in [3.8, 4) is 0 Å². The van der Waals surface area contributed by atoms with Gasteiger partial charge in [-0.3, -0.25) is 0 Å². The fourth-order valence-corrected chi connectivity index (χ4v) is 1.51. The number of hydrogen-bond acceptors (Lipinski definition) is 2. The van der Waals surface area contributed by atoms with Crippen molar-refractivity contribution in [1.82, 2.24) is 0 Å². The summed E-state index contributed by atoms with van der Waals surface area (Å²) in [6, 6.07) is 6.73. The molecule has 0 heterocycles. The largest absolute Gasteiger partial charge is 0.459 e. The van der Waals surface area contributed by atoms with E-state index in [1.165, 1.54) is 0 Å². The lowest BCUT2D eigenvalue weighted by Gasteiger charge is -2.12. The maximum Gasteiger partial charge on any atom is 0.338 e. The first-order valence-corrected chi connectivity index (χ1v) is 5.97. The zero-order valence-electron chi connectivity index (χ0n) is 9.70. The highest BCUT2D eigenvalue weighted by Crippen LogP contribution is 2.12. The molecule has 0 fully saturated rings. The van der Waals surface area contributed by atoms with E-state index in [1.54, 1.807) is 24.3 Å². The van der Waals surface area contributed by atoms with Crippen molar-refractivity contribution in [3.05, 3.63) is 34.9 Å². The molecule has 0 N–H and O–H groups in total. The average Bonchev–Trinajstić information content (AvgIpc) is 2.27. The van der Waals surface area contributed by atoms with Gasteiger partial charge in [-0.15, -0.1) is 0 Å². The van der Waals surface area contributed by atoms with Crippen LogP contribution < -0.4 is 0 Å². The van der Waals surface area contributed by atoms with Gasteiger partial charge in [-0.05, 0) is 37.6 Å². The van der Waals surface area contributed by atoms with E-state index in [0.29, 0.717) is 10.6 Å². The molecule has 0 saturated heterocycles. The van der Waals surface area contributed by atoms with Gasteiger partial charge in [-0.25, -0.2) is 4.79 Å². The van der Waals surface area contributed by atoms with Crippen LogP contribution in [0.4, 0.5) is 0 Å². The first-order chi connectivity index (χ1) is 7.63. The van der Waals surface area contributed by atoms with Crippen molar-refractivity contribution in [2.75, 3.05) is 0 Å². The average molecular weight is 241 g/mol. The number of carbonyl (C=O) groups excluding carboxylic acids is 1. The summed E-state index contributed by atoms with van der Waals surface area (Å²) in [6.07, 6.45) is 3.08. The van der Waals surface area contributed by atoms with Crippen LogP contribution in [0.25, 0.3) is 0 Å². The SMILES string of the molecule is CCCCC(C)OC(=O)c1ccc(Cl)cc1. The molecule has 2 nitrogen and oxygen atoms in total. The molecule has 3 heteroatoms. The van der Waals surface area contributed by atoms with Gasteiger partial charge >= 0.3 is 5.97 Å². The molecule has 0 radical (unpaired) electrons. The molecule has 1 aromatic carbocycles. The first kappa shape index (κ1) is 13.0. The summed E-state index contributed by atoms with van der Waals surface area (Å²) >= 11 is 5.74. The Morgan fingerprint density at radius 3 is 2.56 bits per heavy atom. The van der Waals surface area contributed by atoms with Gasteiger partial charge < -0.3 is 4.74 Å². The van der Waals surface area contributed by atoms with Gasteiger partial charge in [0.15, 0.2) is 0 Å². The van der Waals surface area contributed by atoms with Crippen molar-refractivity contribution in [3.63, 3.8) is 0 Å². The Labute approximate surface area is 102 Å². The standard InChI is InChI=1S/C13H17ClO2/c1-3-4-5-10(2)16-13(15)11-6-8-12(14)9-7-11/h6-10H,3-5H2,1-2H3. The van der Waals surface area contributed by atoms with Gasteiger partial charge in [-0.2, -0.15) is 0 Å². The predicted octanol–water partition coefficient (Wildman–Crippen LogP) is 4.08. The number of benzene rings is 1. The zero-order chi connectivity index (χ0) is 12.0. The van der Waals surface area contributed by atoms with Gasteiger partial charge in [0.25, 0.3) is 0 Å². The van der Waals surface area contributed by atoms with E-state index in [2.05, 4.69) is 6.92 Å². The van der Waals surface area contributed by atoms with Crippen LogP contribution in [0.3, 0.4) is 0 Å². The van der Waals surface area contributed by atoms with Gasteiger partial charge in [0.1, 0.15) is 0 Å². The molecule has 0 aliphatic rings. The molecule has 0 bridgehead atoms. The second kappa shape index (κ2) is 6.54. The maximum atomic E-state index is 11.7. The Hall–Kier alpha value is -1.02. The van der Waals surface area contributed by atoms with Crippen molar-refractivity contribution >= 4 is 17.6 Å². The van der Waals surface area contributed by atoms with Crippen LogP contribution in [0, 0.1) is 0 Å². The molecule has 0 spiro atoms. The van der Waals surface area contributed by atoms with Crippen LogP contribution in [0.5, 0.6) is 0 Å². The minimum Gasteiger partial charge on any atom is -0.459 e. The summed E-state index contributed by atoms with van der Waals surface area (Å²) in [6.45, 7) is 4.04. The lowest BCUT2D eigenvalue weighted by atomic mass is 10.2. The van der Waals surface area contributed by atoms with Crippen LogP contribution in [0.15, 0.2) is 24.3 Å². The maximum absolute atomic E-state index is 11.7. The lowest BCUT2D eigenvalue weighted by Crippen LogP contribution is -2.14. The van der Waals surface area contributed by atoms with Crippen molar-refractivity contribution in [2.45, 2.75) is 39.2 Å². The van der Waals surface area contributed by atoms with E-state index in [1.807, 2.05) is 6.92 Å². The van der Waals surface area contributed by atoms with Gasteiger partial charge in [0, 0.05) is 5.02 Å². The number of ether oxygens (including phenoxy) is 1. The van der Waals surface area contributed by atoms with Crippen molar-refractivity contribution < 1.29 is 9.53 Å². The van der Waals surface area contributed by atoms with Crippen molar-refractivity contribution in [1.29, 1.82) is 0 Å². The quantitative estimate of drug-likeness (QED) is 0.725. The molecule has 88 valence electrons. The Kier molecular flexibility index (Phi) is 5.33. The van der Waals surface area contributed by atoms with E-state index >= 15 is 0 Å². The first-order valence-electron chi connectivity index (χ1n) is 5.60. The van der Waals surface area contributed by atoms with Crippen LogP contribution >= 0.6 is 11.6 Å². The van der Waals surface area contributed by atoms with Crippen LogP contribution in [0.2, 0.25) is 5.02 Å². The summed E-state index contributed by atoms with van der Waals surface area (Å²) in [5.41, 5.74) is 0.549. The molecule has 0 saturated carbocycles. The number of unbranched alkanes of at least 4 members (excludes halogenated alkanes) is 1. The van der Waals surface area contributed by atoms with E-state index in [9.17, 15) is 4.79 Å². The topological polar surface area (TPSA) is 26.3 Å². The number of rotatable bonds is 5. The molecule has 0 aliphatic carbocycles. The second-order valence-corrected chi connectivity index (χ2v) is 4.30. The molecule has 0 aromatic heterocycles. The summed E-state index contributed by atoms with van der Waals surface area (Å²) < 4.78 is 5.30. The lowest BCUT2D eigenvalue weighted by molar-refractivity contribution is 0.0320. The van der Waals surface area contributed by atoms with Crippen LogP contribution in [0.1, 0.15) is 43.5 Å². The van der Waals surface area contributed by atoms with E-state index < -0.39 is 0 Å². The molecule has 1 aromatic rings. The fourth-order valence-electron chi connectivity index (χ4n) is 1.39. The van der Waals surface area contributed by atoms with Gasteiger partial charge in [0.05, 0.1) is 11.7 Å². The highest BCUT2D eigenvalue weighted by atomic mass is 35.5. The van der Waals surface area contributed by atoms with Gasteiger partial charge in [0.2, 0.25) is 0 Å². The molecule has 0 amide bonds. The highest BCUT2D eigenvalue weighted by molar-refractivity contribution is 6.30. The normalized spacial score (nSPS) is 12.2. The van der Waals surface area contributed by atoms with Crippen LogP contribution in [-0.2, 0) is 4.74 Å². The van der Waals surface area contributed by atoms with E-state index in [-0.39, 0.29) is 12.1 Å². The number of carbonyl (C=O) groups is 1. The van der Waals surface area contributed by atoms with E-state index in [4.69, 9.17) is 16.3 Å². The highest BCUT2D eigenvalue weighted by Gasteiger charge is 2.11. The Balaban J connectivity index is 2.48. The minimum absolute atomic E-state index is 0.0249. The fraction of sp³-hybridized carbons (Fsp3) is 0.462. The minimum atomic E-state index is -0.278. The third-order valence-corrected chi connectivity index (χ3v) is 2.60. The molecular formula is C13H17ClO2. The monoisotopic (exact) mass is 240 g/mol. The summed E-state index contributed by atoms with van der Waals surface area (Å²) in [5, 5.41) is 0.621. The zero-order valence-corrected chi connectivity index (χ0v) is 10.5. The van der Waals surface area contributed by atoms with Gasteiger partial charge in [-0.1, -0.05) is 31.4 Å². The molecular weight excluding hydrogens is 224 g/mol. The Morgan fingerprint density at radius 2 is 2.00 bits per heavy atom. The molecule has 1 atom stereocenters. The van der Waals surface area contributed by atoms with E-state index in [0.717, 1.165) is 19.3 Å². The molecule has 16 heavy (non-hydrogen) atoms. The Bertz CT molecular complexity index is 332. The molecule has 1 unspecified atom stereocenters. The van der Waals surface area contributed by atoms with Crippen molar-refractivity contribution in [2.24, 2.45) is 0 Å². The number of esters is 1. The number of hydrogen-bond donors (Lipinski definition) is 0. The summed E-state index contributed by atoms with van der Waals surface area (Å²) in [5.74, 6) is -0.278. The second-order valence-electron chi connectivity index (χ2n) is 3.87. The summed E-state index contributed by atoms with van der Waals surface area (Å²) in [7, 11) is 0. The smallest absolute Gasteiger partial charge is 0.338 e. The number of halogens is 1.